The van der Waals surface area contributed by atoms with Gasteiger partial charge in [-0.15, -0.1) is 0 Å². The molecule has 2 aliphatic rings. The molecule has 1 aliphatic heterocycles. The molecule has 4 amide bonds. The number of carbonyl (C=O) groups excluding carboxylic acids is 4. The molecule has 1 saturated carbocycles. The van der Waals surface area contributed by atoms with Gasteiger partial charge in [0, 0.05) is 55.3 Å². The molecule has 4 rings (SSSR count). The Balaban J connectivity index is 1.58. The van der Waals surface area contributed by atoms with E-state index in [1.54, 1.807) is 21.9 Å². The number of hydrogen-bond donors (Lipinski definition) is 3. The first kappa shape index (κ1) is 32.2. The van der Waals surface area contributed by atoms with Crippen LogP contribution in [0.1, 0.15) is 91.5 Å². The summed E-state index contributed by atoms with van der Waals surface area (Å²) in [5, 5.41) is 17.3. The summed E-state index contributed by atoms with van der Waals surface area (Å²) in [7, 11) is 0. The molecule has 2 atom stereocenters. The van der Waals surface area contributed by atoms with Gasteiger partial charge >= 0.3 is 0 Å². The largest absolute Gasteiger partial charge is 0.389 e. The first-order valence-corrected chi connectivity index (χ1v) is 15.9. The molecular formula is C34H46N4O5. The van der Waals surface area contributed by atoms with E-state index in [0.717, 1.165) is 44.1 Å². The van der Waals surface area contributed by atoms with Crippen LogP contribution in [0.2, 0.25) is 0 Å². The zero-order valence-corrected chi connectivity index (χ0v) is 25.5. The number of aliphatic hydroxyl groups is 1. The van der Waals surface area contributed by atoms with E-state index in [-0.39, 0.29) is 35.7 Å². The van der Waals surface area contributed by atoms with Crippen LogP contribution in [0.15, 0.2) is 48.5 Å². The van der Waals surface area contributed by atoms with Crippen molar-refractivity contribution in [2.45, 2.75) is 83.8 Å². The van der Waals surface area contributed by atoms with Crippen molar-refractivity contribution in [2.75, 3.05) is 31.1 Å². The van der Waals surface area contributed by atoms with E-state index in [1.807, 2.05) is 44.2 Å². The van der Waals surface area contributed by atoms with Gasteiger partial charge in [-0.05, 0) is 62.8 Å². The number of nitrogens with one attached hydrogen (secondary N) is 2. The van der Waals surface area contributed by atoms with Gasteiger partial charge in [0.15, 0.2) is 0 Å². The van der Waals surface area contributed by atoms with Gasteiger partial charge < -0.3 is 25.5 Å². The van der Waals surface area contributed by atoms with Crippen molar-refractivity contribution in [2.24, 2.45) is 5.92 Å². The van der Waals surface area contributed by atoms with E-state index in [0.29, 0.717) is 50.1 Å². The molecule has 3 N–H and O–H groups in total. The van der Waals surface area contributed by atoms with Gasteiger partial charge in [0.05, 0.1) is 12.1 Å². The lowest BCUT2D eigenvalue weighted by atomic mass is 9.88. The van der Waals surface area contributed by atoms with Crippen LogP contribution in [0.25, 0.3) is 0 Å². The van der Waals surface area contributed by atoms with Gasteiger partial charge in [-0.2, -0.15) is 0 Å². The number of hydrogen-bond acceptors (Lipinski definition) is 5. The summed E-state index contributed by atoms with van der Waals surface area (Å²) in [6, 6.07) is 13.7. The average Bonchev–Trinajstić information content (AvgIpc) is 3.48. The Morgan fingerprint density at radius 3 is 2.30 bits per heavy atom. The van der Waals surface area contributed by atoms with E-state index in [2.05, 4.69) is 10.6 Å². The third kappa shape index (κ3) is 8.66. The number of aliphatic hydroxyl groups excluding tert-OH is 1. The van der Waals surface area contributed by atoms with Crippen molar-refractivity contribution in [3.05, 3.63) is 65.2 Å². The van der Waals surface area contributed by atoms with E-state index in [1.165, 1.54) is 6.07 Å². The zero-order valence-electron chi connectivity index (χ0n) is 25.5. The Hall–Kier alpha value is -3.72. The van der Waals surface area contributed by atoms with Gasteiger partial charge in [-0.1, -0.05) is 56.5 Å². The van der Waals surface area contributed by atoms with Crippen molar-refractivity contribution >= 4 is 29.3 Å². The number of amides is 4. The normalized spacial score (nSPS) is 16.9. The van der Waals surface area contributed by atoms with Crippen molar-refractivity contribution in [1.82, 2.24) is 15.5 Å². The molecule has 2 aromatic carbocycles. The maximum Gasteiger partial charge on any atom is 0.251 e. The number of likely N-dealkylation sites (N-methyl/N-ethyl adjacent to an activating group) is 1. The summed E-state index contributed by atoms with van der Waals surface area (Å²) < 4.78 is 0. The molecule has 1 saturated heterocycles. The van der Waals surface area contributed by atoms with Crippen LogP contribution in [-0.4, -0.2) is 72.0 Å². The second-order valence-corrected chi connectivity index (χ2v) is 11.7. The molecule has 2 aromatic rings. The fraction of sp³-hybridized carbons (Fsp3) is 0.529. The van der Waals surface area contributed by atoms with Crippen molar-refractivity contribution in [1.29, 1.82) is 0 Å². The third-order valence-corrected chi connectivity index (χ3v) is 8.50. The molecular weight excluding hydrogens is 544 g/mol. The van der Waals surface area contributed by atoms with Crippen LogP contribution < -0.4 is 15.5 Å². The summed E-state index contributed by atoms with van der Waals surface area (Å²) in [6.07, 6.45) is 6.23. The molecule has 9 heteroatoms. The molecule has 2 fully saturated rings. The first-order valence-electron chi connectivity index (χ1n) is 15.9. The van der Waals surface area contributed by atoms with Crippen molar-refractivity contribution in [3.8, 4) is 0 Å². The first-order chi connectivity index (χ1) is 20.8. The van der Waals surface area contributed by atoms with E-state index < -0.39 is 18.1 Å². The van der Waals surface area contributed by atoms with Crippen LogP contribution in [0.3, 0.4) is 0 Å². The molecule has 1 heterocycles. The quantitative estimate of drug-likeness (QED) is 0.325. The lowest BCUT2D eigenvalue weighted by Crippen LogP contribution is -2.51. The fourth-order valence-corrected chi connectivity index (χ4v) is 6.03. The summed E-state index contributed by atoms with van der Waals surface area (Å²) in [5.74, 6) is -0.768. The van der Waals surface area contributed by atoms with Crippen LogP contribution >= 0.6 is 0 Å². The standard InChI is InChI=1S/C34H46N4O5/c1-3-17-35-32(41)26-20-27(22-28(21-26)38-18-11-16-31(38)40)33(42)36-29(19-24-12-7-5-8-13-24)30(39)23-37(4-2)34(43)25-14-9-6-10-15-25/h5,7-8,12-13,20-22,25,29-30,39H,3-4,6,9-11,14-19,23H2,1-2H3,(H,35,41)(H,36,42)/t29-,30+/m0/s1. The van der Waals surface area contributed by atoms with Gasteiger partial charge in [-0.3, -0.25) is 19.2 Å². The smallest absolute Gasteiger partial charge is 0.251 e. The molecule has 0 unspecified atom stereocenters. The molecule has 0 radical (unpaired) electrons. The Kier molecular flexibility index (Phi) is 11.7. The van der Waals surface area contributed by atoms with Crippen LogP contribution in [0.4, 0.5) is 5.69 Å². The maximum atomic E-state index is 13.8. The highest BCUT2D eigenvalue weighted by Gasteiger charge is 2.31. The van der Waals surface area contributed by atoms with E-state index >= 15 is 0 Å². The molecule has 0 bridgehead atoms. The minimum absolute atomic E-state index is 0.0172. The highest BCUT2D eigenvalue weighted by Crippen LogP contribution is 2.27. The minimum atomic E-state index is -1.02. The number of benzene rings is 2. The number of rotatable bonds is 13. The summed E-state index contributed by atoms with van der Waals surface area (Å²) >= 11 is 0. The average molecular weight is 591 g/mol. The third-order valence-electron chi connectivity index (χ3n) is 8.50. The molecule has 9 nitrogen and oxygen atoms in total. The Morgan fingerprint density at radius 2 is 1.67 bits per heavy atom. The maximum absolute atomic E-state index is 13.8. The highest BCUT2D eigenvalue weighted by molar-refractivity contribution is 6.03. The van der Waals surface area contributed by atoms with Gasteiger partial charge in [0.25, 0.3) is 11.8 Å². The van der Waals surface area contributed by atoms with Gasteiger partial charge in [-0.25, -0.2) is 0 Å². The predicted molar refractivity (Wildman–Crippen MR) is 167 cm³/mol. The SMILES string of the molecule is CCCNC(=O)c1cc(C(=O)N[C@@H](Cc2ccccc2)[C@H](O)CN(CC)C(=O)C2CCCCC2)cc(N2CCCC2=O)c1. The summed E-state index contributed by atoms with van der Waals surface area (Å²) in [6.45, 7) is 5.47. The summed E-state index contributed by atoms with van der Waals surface area (Å²) in [4.78, 5) is 55.9. The Bertz CT molecular complexity index is 1260. The molecule has 43 heavy (non-hydrogen) atoms. The number of carbonyl (C=O) groups is 4. The van der Waals surface area contributed by atoms with E-state index in [9.17, 15) is 24.3 Å². The predicted octanol–water partition coefficient (Wildman–Crippen LogP) is 4.08. The monoisotopic (exact) mass is 590 g/mol. The summed E-state index contributed by atoms with van der Waals surface area (Å²) in [5.41, 5.74) is 1.97. The lowest BCUT2D eigenvalue weighted by molar-refractivity contribution is -0.138. The van der Waals surface area contributed by atoms with Gasteiger partial charge in [0.1, 0.15) is 0 Å². The topological polar surface area (TPSA) is 119 Å². The van der Waals surface area contributed by atoms with Crippen LogP contribution in [0, 0.1) is 5.92 Å². The molecule has 232 valence electrons. The number of nitrogens with zero attached hydrogens (tertiary/aromatic N) is 2. The molecule has 0 spiro atoms. The Morgan fingerprint density at radius 1 is 0.977 bits per heavy atom. The van der Waals surface area contributed by atoms with Crippen molar-refractivity contribution < 1.29 is 24.3 Å². The number of anilines is 1. The Labute approximate surface area is 255 Å². The molecule has 1 aliphatic carbocycles. The zero-order chi connectivity index (χ0) is 30.8. The van der Waals surface area contributed by atoms with Crippen LogP contribution in [0.5, 0.6) is 0 Å². The minimum Gasteiger partial charge on any atom is -0.389 e. The fourth-order valence-electron chi connectivity index (χ4n) is 6.03. The van der Waals surface area contributed by atoms with E-state index in [4.69, 9.17) is 0 Å². The lowest BCUT2D eigenvalue weighted by Gasteiger charge is -2.33. The van der Waals surface area contributed by atoms with Gasteiger partial charge in [0.2, 0.25) is 11.8 Å². The van der Waals surface area contributed by atoms with Crippen LogP contribution in [-0.2, 0) is 16.0 Å². The molecule has 0 aromatic heterocycles. The second kappa shape index (κ2) is 15.7. The van der Waals surface area contributed by atoms with Crippen molar-refractivity contribution in [3.63, 3.8) is 0 Å². The second-order valence-electron chi connectivity index (χ2n) is 11.7. The highest BCUT2D eigenvalue weighted by atomic mass is 16.3.